The number of urea groups is 1. The van der Waals surface area contributed by atoms with Gasteiger partial charge in [-0.05, 0) is 36.6 Å². The number of esters is 1. The Labute approximate surface area is 152 Å². The van der Waals surface area contributed by atoms with E-state index in [1.807, 2.05) is 19.1 Å². The molecule has 0 saturated carbocycles. The number of nitrogens with two attached hydrogens (primary N) is 1. The number of carbonyl (C=O) groups is 3. The highest BCUT2D eigenvalue weighted by molar-refractivity contribution is 6.01. The van der Waals surface area contributed by atoms with Gasteiger partial charge in [0.25, 0.3) is 0 Å². The minimum atomic E-state index is -0.883. The summed E-state index contributed by atoms with van der Waals surface area (Å²) < 4.78 is 5.27. The Kier molecular flexibility index (Phi) is 6.49. The highest BCUT2D eigenvalue weighted by Crippen LogP contribution is 2.12. The van der Waals surface area contributed by atoms with Gasteiger partial charge in [0.05, 0.1) is 5.56 Å². The third-order valence-electron chi connectivity index (χ3n) is 3.96. The molecule has 1 unspecified atom stereocenters. The van der Waals surface area contributed by atoms with Crippen molar-refractivity contribution in [2.45, 2.75) is 32.9 Å². The lowest BCUT2D eigenvalue weighted by atomic mass is 10.0. The smallest absolute Gasteiger partial charge is 0.338 e. The topological polar surface area (TPSA) is 98.5 Å². The van der Waals surface area contributed by atoms with Crippen LogP contribution < -0.4 is 11.1 Å². The van der Waals surface area contributed by atoms with E-state index in [4.69, 9.17) is 10.5 Å². The summed E-state index contributed by atoms with van der Waals surface area (Å²) in [7, 11) is 0. The van der Waals surface area contributed by atoms with Crippen LogP contribution in [0.3, 0.4) is 0 Å². The van der Waals surface area contributed by atoms with Crippen LogP contribution in [-0.2, 0) is 17.7 Å². The van der Waals surface area contributed by atoms with Gasteiger partial charge in [0, 0.05) is 12.1 Å². The quantitative estimate of drug-likeness (QED) is 0.590. The summed E-state index contributed by atoms with van der Waals surface area (Å²) in [5.41, 5.74) is 7.78. The molecule has 26 heavy (non-hydrogen) atoms. The number of primary amides is 1. The molecular formula is C20H22N2O4. The molecule has 0 radical (unpaired) electrons. The molecule has 0 spiro atoms. The normalized spacial score (nSPS) is 11.5. The van der Waals surface area contributed by atoms with Crippen molar-refractivity contribution in [1.82, 2.24) is 5.32 Å². The Hall–Kier alpha value is -3.15. The number of rotatable bonds is 7. The Morgan fingerprint density at radius 3 is 2.04 bits per heavy atom. The van der Waals surface area contributed by atoms with Gasteiger partial charge in [0.15, 0.2) is 6.10 Å². The first-order valence-corrected chi connectivity index (χ1v) is 8.37. The molecule has 0 saturated heterocycles. The van der Waals surface area contributed by atoms with Crippen LogP contribution >= 0.6 is 0 Å². The van der Waals surface area contributed by atoms with E-state index in [9.17, 15) is 14.4 Å². The Morgan fingerprint density at radius 2 is 1.50 bits per heavy atom. The number of Topliss-reactive ketones (excluding diaryl/α,β-unsaturated/α-hetero) is 1. The van der Waals surface area contributed by atoms with Crippen LogP contribution in [-0.4, -0.2) is 23.9 Å². The molecule has 0 aliphatic heterocycles. The first kappa shape index (κ1) is 19.2. The van der Waals surface area contributed by atoms with E-state index >= 15 is 0 Å². The summed E-state index contributed by atoms with van der Waals surface area (Å²) in [5, 5.41) is 2.46. The van der Waals surface area contributed by atoms with Crippen LogP contribution in [0.25, 0.3) is 0 Å². The number of ether oxygens (including phenoxy) is 1. The molecule has 0 aromatic heterocycles. The van der Waals surface area contributed by atoms with Gasteiger partial charge >= 0.3 is 12.0 Å². The summed E-state index contributed by atoms with van der Waals surface area (Å²) in [5.74, 6) is -0.825. The van der Waals surface area contributed by atoms with Crippen molar-refractivity contribution in [2.24, 2.45) is 5.73 Å². The molecule has 136 valence electrons. The molecule has 3 N–H and O–H groups in total. The second kappa shape index (κ2) is 8.80. The molecule has 2 aromatic carbocycles. The van der Waals surface area contributed by atoms with E-state index < -0.39 is 18.1 Å². The van der Waals surface area contributed by atoms with Gasteiger partial charge in [-0.15, -0.1) is 0 Å². The summed E-state index contributed by atoms with van der Waals surface area (Å²) in [4.78, 5) is 35.3. The van der Waals surface area contributed by atoms with E-state index in [-0.39, 0.29) is 12.3 Å². The maximum absolute atomic E-state index is 12.4. The van der Waals surface area contributed by atoms with Gasteiger partial charge in [-0.2, -0.15) is 0 Å². The molecule has 2 aromatic rings. The molecule has 2 amide bonds. The number of amides is 2. The lowest BCUT2D eigenvalue weighted by Crippen LogP contribution is -2.28. The van der Waals surface area contributed by atoms with Crippen LogP contribution in [0.4, 0.5) is 4.79 Å². The van der Waals surface area contributed by atoms with Crippen molar-refractivity contribution in [1.29, 1.82) is 0 Å². The summed E-state index contributed by atoms with van der Waals surface area (Å²) in [6, 6.07) is 13.2. The average molecular weight is 354 g/mol. The fourth-order valence-corrected chi connectivity index (χ4v) is 2.37. The number of hydrogen-bond acceptors (Lipinski definition) is 4. The largest absolute Gasteiger partial charge is 0.451 e. The van der Waals surface area contributed by atoms with Crippen LogP contribution in [0.1, 0.15) is 45.7 Å². The number of carbonyl (C=O) groups excluding carboxylic acids is 3. The number of nitrogens with one attached hydrogen (secondary N) is 1. The Balaban J connectivity index is 1.96. The molecule has 6 heteroatoms. The molecule has 0 aliphatic carbocycles. The molecule has 2 rings (SSSR count). The minimum Gasteiger partial charge on any atom is -0.451 e. The van der Waals surface area contributed by atoms with Gasteiger partial charge in [0.1, 0.15) is 0 Å². The number of ketones is 1. The number of aryl methyl sites for hydroxylation is 1. The summed E-state index contributed by atoms with van der Waals surface area (Å²) >= 11 is 0. The van der Waals surface area contributed by atoms with Crippen molar-refractivity contribution in [3.63, 3.8) is 0 Å². The van der Waals surface area contributed by atoms with Crippen LogP contribution in [0, 0.1) is 0 Å². The lowest BCUT2D eigenvalue weighted by molar-refractivity contribution is 0.0319. The number of hydrogen-bond donors (Lipinski definition) is 2. The van der Waals surface area contributed by atoms with E-state index in [1.165, 1.54) is 0 Å². The van der Waals surface area contributed by atoms with Crippen molar-refractivity contribution in [3.05, 3.63) is 70.8 Å². The predicted molar refractivity (Wildman–Crippen MR) is 97.9 cm³/mol. The molecule has 0 heterocycles. The van der Waals surface area contributed by atoms with E-state index in [1.54, 1.807) is 43.3 Å². The molecular weight excluding hydrogens is 332 g/mol. The van der Waals surface area contributed by atoms with Crippen molar-refractivity contribution in [2.75, 3.05) is 0 Å². The van der Waals surface area contributed by atoms with Gasteiger partial charge < -0.3 is 15.8 Å². The number of benzene rings is 2. The standard InChI is InChI=1S/C20H22N2O4/c1-3-14-4-8-16(9-5-14)18(23)13(2)26-19(24)17-10-6-15(7-11-17)12-22-20(21)25/h4-11,13H,3,12H2,1-2H3,(H3,21,22,25). The Morgan fingerprint density at radius 1 is 0.962 bits per heavy atom. The van der Waals surface area contributed by atoms with Crippen LogP contribution in [0.15, 0.2) is 48.5 Å². The SMILES string of the molecule is CCc1ccc(C(=O)C(C)OC(=O)c2ccc(CNC(N)=O)cc2)cc1. The van der Waals surface area contributed by atoms with Gasteiger partial charge in [-0.25, -0.2) is 9.59 Å². The van der Waals surface area contributed by atoms with Crippen molar-refractivity contribution < 1.29 is 19.1 Å². The lowest BCUT2D eigenvalue weighted by Gasteiger charge is -2.13. The summed E-state index contributed by atoms with van der Waals surface area (Å²) in [6.45, 7) is 3.86. The van der Waals surface area contributed by atoms with Crippen molar-refractivity contribution in [3.8, 4) is 0 Å². The predicted octanol–water partition coefficient (Wildman–Crippen LogP) is 2.85. The third-order valence-corrected chi connectivity index (χ3v) is 3.96. The minimum absolute atomic E-state index is 0.247. The third kappa shape index (κ3) is 5.17. The molecule has 0 fully saturated rings. The van der Waals surface area contributed by atoms with E-state index in [0.717, 1.165) is 17.5 Å². The second-order valence-electron chi connectivity index (χ2n) is 5.88. The van der Waals surface area contributed by atoms with Gasteiger partial charge in [-0.3, -0.25) is 4.79 Å². The fourth-order valence-electron chi connectivity index (χ4n) is 2.37. The Bertz CT molecular complexity index is 782. The molecule has 6 nitrogen and oxygen atoms in total. The summed E-state index contributed by atoms with van der Waals surface area (Å²) in [6.07, 6.45) is 0.00966. The maximum atomic E-state index is 12.4. The van der Waals surface area contributed by atoms with E-state index in [0.29, 0.717) is 11.1 Å². The highest BCUT2D eigenvalue weighted by atomic mass is 16.5. The molecule has 1 atom stereocenters. The first-order chi connectivity index (χ1) is 12.4. The zero-order valence-corrected chi connectivity index (χ0v) is 14.8. The highest BCUT2D eigenvalue weighted by Gasteiger charge is 2.20. The first-order valence-electron chi connectivity index (χ1n) is 8.37. The maximum Gasteiger partial charge on any atom is 0.338 e. The average Bonchev–Trinajstić information content (AvgIpc) is 2.66. The van der Waals surface area contributed by atoms with Crippen LogP contribution in [0.5, 0.6) is 0 Å². The molecule has 0 aliphatic rings. The fraction of sp³-hybridized carbons (Fsp3) is 0.250. The van der Waals surface area contributed by atoms with E-state index in [2.05, 4.69) is 5.32 Å². The monoisotopic (exact) mass is 354 g/mol. The zero-order valence-electron chi connectivity index (χ0n) is 14.8. The second-order valence-corrected chi connectivity index (χ2v) is 5.88. The van der Waals surface area contributed by atoms with Crippen molar-refractivity contribution >= 4 is 17.8 Å². The van der Waals surface area contributed by atoms with Gasteiger partial charge in [-0.1, -0.05) is 43.3 Å². The van der Waals surface area contributed by atoms with Gasteiger partial charge in [0.2, 0.25) is 5.78 Å². The zero-order chi connectivity index (χ0) is 19.1. The molecule has 0 bridgehead atoms. The van der Waals surface area contributed by atoms with Crippen LogP contribution in [0.2, 0.25) is 0 Å².